The van der Waals surface area contributed by atoms with Gasteiger partial charge in [-0.25, -0.2) is 0 Å². The number of nitrogens with zero attached hydrogens (tertiary/aromatic N) is 3. The van der Waals surface area contributed by atoms with Gasteiger partial charge in [-0.2, -0.15) is 0 Å². The molecule has 5 nitrogen and oxygen atoms in total. The molecular weight excluding hydrogens is 410 g/mol. The third-order valence-electron chi connectivity index (χ3n) is 8.61. The maximum absolute atomic E-state index is 13.7. The van der Waals surface area contributed by atoms with Crippen LogP contribution in [-0.2, 0) is 16.1 Å². The van der Waals surface area contributed by atoms with E-state index in [-0.39, 0.29) is 5.91 Å². The highest BCUT2D eigenvalue weighted by molar-refractivity contribution is 5.92. The average molecular weight is 452 g/mol. The molecule has 0 radical (unpaired) electrons. The van der Waals surface area contributed by atoms with E-state index in [1.165, 1.54) is 64.3 Å². The molecule has 2 bridgehead atoms. The Balaban J connectivity index is 1.47. The van der Waals surface area contributed by atoms with Crippen LogP contribution >= 0.6 is 0 Å². The molecule has 0 N–H and O–H groups in total. The van der Waals surface area contributed by atoms with Crippen LogP contribution in [-0.4, -0.2) is 53.3 Å². The Labute approximate surface area is 199 Å². The van der Waals surface area contributed by atoms with Crippen LogP contribution in [0.3, 0.4) is 0 Å². The molecule has 0 aromatic heterocycles. The summed E-state index contributed by atoms with van der Waals surface area (Å²) < 4.78 is 0. The fraction of sp³-hybridized carbons (Fsp3) is 0.714. The summed E-state index contributed by atoms with van der Waals surface area (Å²) in [6.07, 6.45) is 13.0. The van der Waals surface area contributed by atoms with Gasteiger partial charge >= 0.3 is 0 Å². The van der Waals surface area contributed by atoms with E-state index in [4.69, 9.17) is 0 Å². The van der Waals surface area contributed by atoms with E-state index in [0.29, 0.717) is 36.9 Å². The molecule has 0 spiro atoms. The van der Waals surface area contributed by atoms with E-state index in [1.807, 2.05) is 17.0 Å². The summed E-state index contributed by atoms with van der Waals surface area (Å²) >= 11 is 0. The lowest BCUT2D eigenvalue weighted by molar-refractivity contribution is -0.134. The van der Waals surface area contributed by atoms with Crippen LogP contribution in [0.5, 0.6) is 0 Å². The van der Waals surface area contributed by atoms with E-state index >= 15 is 0 Å². The van der Waals surface area contributed by atoms with Gasteiger partial charge in [0.25, 0.3) is 0 Å². The van der Waals surface area contributed by atoms with Gasteiger partial charge in [0, 0.05) is 57.3 Å². The van der Waals surface area contributed by atoms with E-state index in [1.54, 1.807) is 6.92 Å². The maximum Gasteiger partial charge on any atom is 0.223 e. The first kappa shape index (κ1) is 22.9. The number of piperidine rings is 1. The highest BCUT2D eigenvalue weighted by atomic mass is 16.2. The molecule has 1 saturated heterocycles. The third kappa shape index (κ3) is 5.45. The second-order valence-corrected chi connectivity index (χ2v) is 11.1. The molecule has 2 aliphatic carbocycles. The first-order valence-electron chi connectivity index (χ1n) is 13.5. The summed E-state index contributed by atoms with van der Waals surface area (Å²) in [5.74, 6) is 1.81. The van der Waals surface area contributed by atoms with Gasteiger partial charge in [0.1, 0.15) is 0 Å². The first-order chi connectivity index (χ1) is 16.1. The zero-order valence-corrected chi connectivity index (χ0v) is 20.4. The average Bonchev–Trinajstić information content (AvgIpc) is 3.48. The molecule has 33 heavy (non-hydrogen) atoms. The van der Waals surface area contributed by atoms with E-state index in [9.17, 15) is 9.59 Å². The van der Waals surface area contributed by atoms with Crippen LogP contribution in [0.15, 0.2) is 24.3 Å². The number of benzene rings is 1. The van der Waals surface area contributed by atoms with Crippen LogP contribution < -0.4 is 4.90 Å². The lowest BCUT2D eigenvalue weighted by Crippen LogP contribution is -2.53. The molecule has 3 fully saturated rings. The second kappa shape index (κ2) is 10.2. The smallest absolute Gasteiger partial charge is 0.223 e. The minimum Gasteiger partial charge on any atom is -0.337 e. The van der Waals surface area contributed by atoms with Crippen molar-refractivity contribution in [2.45, 2.75) is 96.2 Å². The number of hydrogen-bond acceptors (Lipinski definition) is 3. The van der Waals surface area contributed by atoms with Crippen molar-refractivity contribution in [1.29, 1.82) is 0 Å². The van der Waals surface area contributed by atoms with Crippen LogP contribution in [0.2, 0.25) is 0 Å². The van der Waals surface area contributed by atoms with Crippen molar-refractivity contribution in [2.75, 3.05) is 24.5 Å². The maximum atomic E-state index is 13.7. The van der Waals surface area contributed by atoms with Gasteiger partial charge in [0.15, 0.2) is 0 Å². The third-order valence-corrected chi connectivity index (χ3v) is 8.61. The molecule has 2 saturated carbocycles. The summed E-state index contributed by atoms with van der Waals surface area (Å²) in [5.41, 5.74) is 2.10. The van der Waals surface area contributed by atoms with Gasteiger partial charge in [0.05, 0.1) is 0 Å². The van der Waals surface area contributed by atoms with Crippen LogP contribution in [0.4, 0.5) is 5.69 Å². The van der Waals surface area contributed by atoms with Crippen LogP contribution in [0.25, 0.3) is 0 Å². The molecule has 2 unspecified atom stereocenters. The normalized spacial score (nSPS) is 27.2. The fourth-order valence-corrected chi connectivity index (χ4v) is 6.56. The Morgan fingerprint density at radius 3 is 2.39 bits per heavy atom. The van der Waals surface area contributed by atoms with Crippen molar-refractivity contribution in [1.82, 2.24) is 9.80 Å². The Hall–Kier alpha value is -1.88. The Morgan fingerprint density at radius 2 is 1.64 bits per heavy atom. The van der Waals surface area contributed by atoms with Gasteiger partial charge in [-0.15, -0.1) is 0 Å². The molecule has 1 aromatic rings. The SMILES string of the molecule is CC(=O)N1CCC2CCCC(CN(C(=O)CC3CCCC3)Cc3ccccc31)N2CC1CC1. The van der Waals surface area contributed by atoms with Gasteiger partial charge < -0.3 is 9.80 Å². The summed E-state index contributed by atoms with van der Waals surface area (Å²) in [7, 11) is 0. The predicted octanol–water partition coefficient (Wildman–Crippen LogP) is 4.99. The Morgan fingerprint density at radius 1 is 0.879 bits per heavy atom. The molecule has 2 atom stereocenters. The van der Waals surface area contributed by atoms with E-state index in [0.717, 1.165) is 36.7 Å². The van der Waals surface area contributed by atoms with Gasteiger partial charge in [0.2, 0.25) is 11.8 Å². The van der Waals surface area contributed by atoms with E-state index < -0.39 is 0 Å². The number of amides is 2. The topological polar surface area (TPSA) is 43.9 Å². The van der Waals surface area contributed by atoms with Crippen molar-refractivity contribution < 1.29 is 9.59 Å². The highest BCUT2D eigenvalue weighted by Gasteiger charge is 2.37. The molecule has 2 amide bonds. The fourth-order valence-electron chi connectivity index (χ4n) is 6.56. The van der Waals surface area contributed by atoms with Gasteiger partial charge in [-0.1, -0.05) is 37.5 Å². The summed E-state index contributed by atoms with van der Waals surface area (Å²) in [6, 6.07) is 9.23. The van der Waals surface area contributed by atoms with Crippen LogP contribution in [0, 0.1) is 11.8 Å². The number of rotatable bonds is 4. The monoisotopic (exact) mass is 451 g/mol. The van der Waals surface area contributed by atoms with Crippen molar-refractivity contribution >= 4 is 17.5 Å². The largest absolute Gasteiger partial charge is 0.337 e. The standard InChI is InChI=1S/C28H41N3O2/c1-21(32)30-16-15-25-10-6-11-26(31(25)18-23-13-14-23)20-29(19-24-9-4-5-12-27(24)30)28(33)17-22-7-2-3-8-22/h4-5,9,12,22-23,25-26H,2-3,6-8,10-11,13-20H2,1H3. The van der Waals surface area contributed by atoms with Crippen molar-refractivity contribution in [2.24, 2.45) is 11.8 Å². The first-order valence-corrected chi connectivity index (χ1v) is 13.5. The molecule has 5 rings (SSSR count). The minimum atomic E-state index is 0.103. The Kier molecular flexibility index (Phi) is 7.05. The highest BCUT2D eigenvalue weighted by Crippen LogP contribution is 2.36. The van der Waals surface area contributed by atoms with E-state index in [2.05, 4.69) is 21.9 Å². The quantitative estimate of drug-likeness (QED) is 0.648. The lowest BCUT2D eigenvalue weighted by Gasteiger charge is -2.44. The second-order valence-electron chi connectivity index (χ2n) is 11.1. The molecule has 2 heterocycles. The lowest BCUT2D eigenvalue weighted by atomic mass is 9.92. The molecule has 1 aromatic carbocycles. The number of carbonyl (C=O) groups is 2. The molecular formula is C28H41N3O2. The molecule has 4 aliphatic rings. The van der Waals surface area contributed by atoms with Gasteiger partial charge in [-0.3, -0.25) is 14.5 Å². The molecule has 180 valence electrons. The number of fused-ring (bicyclic) bond motifs is 3. The summed E-state index contributed by atoms with van der Waals surface area (Å²) in [5, 5.41) is 0. The summed E-state index contributed by atoms with van der Waals surface area (Å²) in [6.45, 7) is 5.08. The zero-order valence-electron chi connectivity index (χ0n) is 20.4. The van der Waals surface area contributed by atoms with Crippen LogP contribution in [0.1, 0.15) is 83.1 Å². The minimum absolute atomic E-state index is 0.103. The van der Waals surface area contributed by atoms with Gasteiger partial charge in [-0.05, 0) is 68.4 Å². The zero-order chi connectivity index (χ0) is 22.8. The van der Waals surface area contributed by atoms with Crippen molar-refractivity contribution in [3.8, 4) is 0 Å². The number of anilines is 1. The Bertz CT molecular complexity index is 845. The number of carbonyl (C=O) groups excluding carboxylic acids is 2. The van der Waals surface area contributed by atoms with Crippen molar-refractivity contribution in [3.05, 3.63) is 29.8 Å². The predicted molar refractivity (Wildman–Crippen MR) is 132 cm³/mol. The molecule has 2 aliphatic heterocycles. The number of para-hydroxylation sites is 1. The van der Waals surface area contributed by atoms with Crippen molar-refractivity contribution in [3.63, 3.8) is 0 Å². The number of hydrogen-bond donors (Lipinski definition) is 0. The summed E-state index contributed by atoms with van der Waals surface area (Å²) in [4.78, 5) is 33.3. The molecule has 5 heteroatoms.